The minimum absolute atomic E-state index is 0.0700. The number of nitrogens with one attached hydrogen (secondary N) is 1. The number of carbonyl (C=O) groups is 1. The standard InChI is InChI=1S/C14H19NO4/c1-3-19-12-8-9(4-7-11(12)16)13(14(17)18-2)15-10-5-6-10/h4,7-8,10,13,15-16H,3,5-6H2,1-2H3. The molecule has 0 aliphatic heterocycles. The zero-order valence-corrected chi connectivity index (χ0v) is 11.2. The summed E-state index contributed by atoms with van der Waals surface area (Å²) in [6, 6.07) is 4.76. The molecule has 0 aromatic heterocycles. The van der Waals surface area contributed by atoms with Crippen LogP contribution in [0.25, 0.3) is 0 Å². The van der Waals surface area contributed by atoms with Gasteiger partial charge in [-0.3, -0.25) is 5.32 Å². The van der Waals surface area contributed by atoms with Gasteiger partial charge in [0.2, 0.25) is 0 Å². The Morgan fingerprint density at radius 2 is 2.26 bits per heavy atom. The summed E-state index contributed by atoms with van der Waals surface area (Å²) < 4.78 is 10.2. The summed E-state index contributed by atoms with van der Waals surface area (Å²) >= 11 is 0. The molecule has 0 saturated heterocycles. The first-order chi connectivity index (χ1) is 9.15. The van der Waals surface area contributed by atoms with E-state index in [1.165, 1.54) is 13.2 Å². The molecule has 19 heavy (non-hydrogen) atoms. The van der Waals surface area contributed by atoms with E-state index < -0.39 is 6.04 Å². The number of phenols is 1. The molecule has 2 N–H and O–H groups in total. The summed E-state index contributed by atoms with van der Waals surface area (Å²) in [5.74, 6) is 0.118. The van der Waals surface area contributed by atoms with Gasteiger partial charge in [0.1, 0.15) is 6.04 Å². The predicted molar refractivity (Wildman–Crippen MR) is 70.2 cm³/mol. The van der Waals surface area contributed by atoms with Gasteiger partial charge in [0.25, 0.3) is 0 Å². The van der Waals surface area contributed by atoms with E-state index in [0.717, 1.165) is 18.4 Å². The van der Waals surface area contributed by atoms with E-state index in [1.54, 1.807) is 12.1 Å². The van der Waals surface area contributed by atoms with Crippen LogP contribution in [0, 0.1) is 0 Å². The minimum atomic E-state index is -0.516. The normalized spacial score (nSPS) is 15.9. The maximum atomic E-state index is 11.8. The fourth-order valence-electron chi connectivity index (χ4n) is 1.89. The van der Waals surface area contributed by atoms with Gasteiger partial charge in [0, 0.05) is 6.04 Å². The van der Waals surface area contributed by atoms with Crippen LogP contribution < -0.4 is 10.1 Å². The number of phenolic OH excluding ortho intramolecular Hbond substituents is 1. The van der Waals surface area contributed by atoms with E-state index in [0.29, 0.717) is 18.4 Å². The first kappa shape index (κ1) is 13.7. The molecular formula is C14H19NO4. The number of aromatic hydroxyl groups is 1. The Morgan fingerprint density at radius 3 is 2.84 bits per heavy atom. The van der Waals surface area contributed by atoms with Gasteiger partial charge in [-0.05, 0) is 37.5 Å². The number of rotatable bonds is 6. The minimum Gasteiger partial charge on any atom is -0.504 e. The molecule has 5 nitrogen and oxygen atoms in total. The fraction of sp³-hybridized carbons (Fsp3) is 0.500. The Bertz CT molecular complexity index is 457. The smallest absolute Gasteiger partial charge is 0.327 e. The Morgan fingerprint density at radius 1 is 1.53 bits per heavy atom. The molecule has 1 fully saturated rings. The molecule has 1 aromatic carbocycles. The molecule has 2 rings (SSSR count). The summed E-state index contributed by atoms with van der Waals surface area (Å²) in [5.41, 5.74) is 0.736. The number of carbonyl (C=O) groups excluding carboxylic acids is 1. The molecule has 1 aliphatic rings. The molecule has 1 aromatic rings. The molecule has 0 bridgehead atoms. The monoisotopic (exact) mass is 265 g/mol. The van der Waals surface area contributed by atoms with Crippen molar-refractivity contribution in [3.05, 3.63) is 23.8 Å². The van der Waals surface area contributed by atoms with Gasteiger partial charge in [-0.15, -0.1) is 0 Å². The van der Waals surface area contributed by atoms with E-state index in [2.05, 4.69) is 5.32 Å². The Labute approximate surface area is 112 Å². The highest BCUT2D eigenvalue weighted by Crippen LogP contribution is 2.31. The third kappa shape index (κ3) is 3.38. The molecule has 0 heterocycles. The Balaban J connectivity index is 2.24. The summed E-state index contributed by atoms with van der Waals surface area (Å²) in [5, 5.41) is 12.9. The summed E-state index contributed by atoms with van der Waals surface area (Å²) in [7, 11) is 1.37. The molecule has 1 saturated carbocycles. The van der Waals surface area contributed by atoms with Crippen LogP contribution in [0.15, 0.2) is 18.2 Å². The number of hydrogen-bond donors (Lipinski definition) is 2. The topological polar surface area (TPSA) is 67.8 Å². The quantitative estimate of drug-likeness (QED) is 0.767. The van der Waals surface area contributed by atoms with Crippen molar-refractivity contribution in [1.82, 2.24) is 5.32 Å². The second kappa shape index (κ2) is 5.93. The lowest BCUT2D eigenvalue weighted by Gasteiger charge is -2.17. The lowest BCUT2D eigenvalue weighted by molar-refractivity contribution is -0.143. The first-order valence-electron chi connectivity index (χ1n) is 6.45. The molecule has 1 aliphatic carbocycles. The fourth-order valence-corrected chi connectivity index (χ4v) is 1.89. The van der Waals surface area contributed by atoms with Crippen LogP contribution in [0.2, 0.25) is 0 Å². The summed E-state index contributed by atoms with van der Waals surface area (Å²) in [4.78, 5) is 11.8. The second-order valence-corrected chi connectivity index (χ2v) is 4.56. The predicted octanol–water partition coefficient (Wildman–Crippen LogP) is 1.76. The van der Waals surface area contributed by atoms with E-state index in [9.17, 15) is 9.90 Å². The van der Waals surface area contributed by atoms with E-state index in [4.69, 9.17) is 9.47 Å². The highest BCUT2D eigenvalue weighted by Gasteiger charge is 2.30. The van der Waals surface area contributed by atoms with Crippen LogP contribution in [-0.2, 0) is 9.53 Å². The third-order valence-corrected chi connectivity index (χ3v) is 3.03. The average Bonchev–Trinajstić information content (AvgIpc) is 3.22. The van der Waals surface area contributed by atoms with Crippen LogP contribution in [0.4, 0.5) is 0 Å². The van der Waals surface area contributed by atoms with Crippen molar-refractivity contribution < 1.29 is 19.4 Å². The average molecular weight is 265 g/mol. The third-order valence-electron chi connectivity index (χ3n) is 3.03. The molecular weight excluding hydrogens is 246 g/mol. The van der Waals surface area contributed by atoms with Gasteiger partial charge in [-0.2, -0.15) is 0 Å². The maximum absolute atomic E-state index is 11.8. The van der Waals surface area contributed by atoms with Gasteiger partial charge in [-0.1, -0.05) is 6.07 Å². The van der Waals surface area contributed by atoms with Gasteiger partial charge in [0.15, 0.2) is 11.5 Å². The van der Waals surface area contributed by atoms with Crippen molar-refractivity contribution in [3.63, 3.8) is 0 Å². The van der Waals surface area contributed by atoms with E-state index in [-0.39, 0.29) is 11.7 Å². The number of esters is 1. The molecule has 0 radical (unpaired) electrons. The Hall–Kier alpha value is -1.75. The summed E-state index contributed by atoms with van der Waals surface area (Å²) in [6.45, 7) is 2.29. The molecule has 104 valence electrons. The second-order valence-electron chi connectivity index (χ2n) is 4.56. The maximum Gasteiger partial charge on any atom is 0.327 e. The van der Waals surface area contributed by atoms with Crippen molar-refractivity contribution in [3.8, 4) is 11.5 Å². The van der Waals surface area contributed by atoms with Crippen molar-refractivity contribution in [2.75, 3.05) is 13.7 Å². The number of methoxy groups -OCH3 is 1. The molecule has 0 amide bonds. The molecule has 0 spiro atoms. The van der Waals surface area contributed by atoms with Crippen LogP contribution in [0.1, 0.15) is 31.4 Å². The van der Waals surface area contributed by atoms with Crippen molar-refractivity contribution >= 4 is 5.97 Å². The zero-order valence-electron chi connectivity index (χ0n) is 11.2. The van der Waals surface area contributed by atoms with Crippen molar-refractivity contribution in [2.24, 2.45) is 0 Å². The highest BCUT2D eigenvalue weighted by atomic mass is 16.5. The van der Waals surface area contributed by atoms with E-state index in [1.807, 2.05) is 6.92 Å². The van der Waals surface area contributed by atoms with E-state index >= 15 is 0 Å². The molecule has 1 unspecified atom stereocenters. The Kier molecular flexibility index (Phi) is 4.27. The lowest BCUT2D eigenvalue weighted by atomic mass is 10.1. The number of ether oxygens (including phenoxy) is 2. The van der Waals surface area contributed by atoms with Gasteiger partial charge < -0.3 is 14.6 Å². The van der Waals surface area contributed by atoms with Crippen LogP contribution >= 0.6 is 0 Å². The zero-order chi connectivity index (χ0) is 13.8. The van der Waals surface area contributed by atoms with Gasteiger partial charge >= 0.3 is 5.97 Å². The molecule has 1 atom stereocenters. The summed E-state index contributed by atoms with van der Waals surface area (Å²) in [6.07, 6.45) is 2.15. The van der Waals surface area contributed by atoms with Gasteiger partial charge in [0.05, 0.1) is 13.7 Å². The largest absolute Gasteiger partial charge is 0.504 e. The first-order valence-corrected chi connectivity index (χ1v) is 6.45. The molecule has 5 heteroatoms. The van der Waals surface area contributed by atoms with Crippen molar-refractivity contribution in [1.29, 1.82) is 0 Å². The van der Waals surface area contributed by atoms with Gasteiger partial charge in [-0.25, -0.2) is 4.79 Å². The van der Waals surface area contributed by atoms with Crippen LogP contribution in [-0.4, -0.2) is 30.8 Å². The van der Waals surface area contributed by atoms with Crippen LogP contribution in [0.5, 0.6) is 11.5 Å². The number of benzene rings is 1. The van der Waals surface area contributed by atoms with Crippen molar-refractivity contribution in [2.45, 2.75) is 31.8 Å². The SMILES string of the molecule is CCOc1cc(C(NC2CC2)C(=O)OC)ccc1O. The number of hydrogen-bond acceptors (Lipinski definition) is 5. The highest BCUT2D eigenvalue weighted by molar-refractivity contribution is 5.78. The lowest BCUT2D eigenvalue weighted by Crippen LogP contribution is -2.31. The van der Waals surface area contributed by atoms with Crippen LogP contribution in [0.3, 0.4) is 0 Å².